The number of imide groups is 1. The van der Waals surface area contributed by atoms with E-state index in [4.69, 9.17) is 4.52 Å². The Morgan fingerprint density at radius 3 is 2.67 bits per heavy atom. The monoisotopic (exact) mass is 371 g/mol. The normalized spacial score (nSPS) is 15.7. The number of nitrogens with zero attached hydrogens (tertiary/aromatic N) is 3. The number of hydrogen-bond donors (Lipinski definition) is 2. The standard InChI is InChI=1S/C18H21N5O4/c1-18(2)16(25)21-17(26)23(18)11-14(24)19-9-8-15-20-13(22-27-15)10-12-6-4-3-5-7-12/h3-7H,8-11H2,1-2H3,(H,19,24)(H,21,25,26). The zero-order chi connectivity index (χ0) is 19.4. The van der Waals surface area contributed by atoms with Crippen LogP contribution in [0.1, 0.15) is 31.1 Å². The van der Waals surface area contributed by atoms with Crippen molar-refractivity contribution in [2.75, 3.05) is 13.1 Å². The van der Waals surface area contributed by atoms with Gasteiger partial charge in [-0.15, -0.1) is 0 Å². The number of urea groups is 1. The molecule has 0 saturated carbocycles. The van der Waals surface area contributed by atoms with Crippen molar-refractivity contribution in [3.63, 3.8) is 0 Å². The molecular formula is C18H21N5O4. The molecule has 3 rings (SSSR count). The van der Waals surface area contributed by atoms with E-state index in [1.165, 1.54) is 4.90 Å². The minimum absolute atomic E-state index is 0.201. The Morgan fingerprint density at radius 1 is 1.26 bits per heavy atom. The van der Waals surface area contributed by atoms with Crippen molar-refractivity contribution in [1.29, 1.82) is 0 Å². The van der Waals surface area contributed by atoms with E-state index in [1.54, 1.807) is 13.8 Å². The number of nitrogens with one attached hydrogen (secondary N) is 2. The minimum atomic E-state index is -1.05. The molecule has 0 unspecified atom stereocenters. The third kappa shape index (κ3) is 4.30. The van der Waals surface area contributed by atoms with Gasteiger partial charge < -0.3 is 14.7 Å². The number of hydrogen-bond acceptors (Lipinski definition) is 6. The fourth-order valence-corrected chi connectivity index (χ4v) is 2.71. The second-order valence-corrected chi connectivity index (χ2v) is 6.77. The third-order valence-electron chi connectivity index (χ3n) is 4.37. The molecule has 142 valence electrons. The second-order valence-electron chi connectivity index (χ2n) is 6.77. The second kappa shape index (κ2) is 7.56. The summed E-state index contributed by atoms with van der Waals surface area (Å²) in [6.07, 6.45) is 0.950. The molecule has 2 aromatic rings. The molecule has 1 aromatic carbocycles. The van der Waals surface area contributed by atoms with E-state index < -0.39 is 17.5 Å². The summed E-state index contributed by atoms with van der Waals surface area (Å²) in [4.78, 5) is 41.0. The molecule has 0 aliphatic carbocycles. The summed E-state index contributed by atoms with van der Waals surface area (Å²) in [6.45, 7) is 3.27. The van der Waals surface area contributed by atoms with Gasteiger partial charge in [0.15, 0.2) is 5.82 Å². The Bertz CT molecular complexity index is 846. The number of carbonyl (C=O) groups excluding carboxylic acids is 3. The summed E-state index contributed by atoms with van der Waals surface area (Å²) in [5, 5.41) is 8.82. The quantitative estimate of drug-likeness (QED) is 0.690. The summed E-state index contributed by atoms with van der Waals surface area (Å²) >= 11 is 0. The van der Waals surface area contributed by atoms with Crippen LogP contribution in [0.25, 0.3) is 0 Å². The first kappa shape index (κ1) is 18.6. The Hall–Kier alpha value is -3.23. The van der Waals surface area contributed by atoms with Crippen molar-refractivity contribution in [3.05, 3.63) is 47.6 Å². The molecule has 1 fully saturated rings. The van der Waals surface area contributed by atoms with Crippen molar-refractivity contribution < 1.29 is 18.9 Å². The summed E-state index contributed by atoms with van der Waals surface area (Å²) in [6, 6.07) is 9.23. The lowest BCUT2D eigenvalue weighted by molar-refractivity contribution is -0.127. The Morgan fingerprint density at radius 2 is 2.00 bits per heavy atom. The molecular weight excluding hydrogens is 350 g/mol. The minimum Gasteiger partial charge on any atom is -0.354 e. The predicted octanol–water partition coefficient (Wildman–Crippen LogP) is 0.650. The molecule has 2 N–H and O–H groups in total. The van der Waals surface area contributed by atoms with Gasteiger partial charge in [-0.1, -0.05) is 35.5 Å². The number of carbonyl (C=O) groups is 3. The lowest BCUT2D eigenvalue weighted by atomic mass is 10.0. The zero-order valence-electron chi connectivity index (χ0n) is 15.2. The average Bonchev–Trinajstić information content (AvgIpc) is 3.14. The molecule has 0 radical (unpaired) electrons. The van der Waals surface area contributed by atoms with Gasteiger partial charge in [-0.25, -0.2) is 4.79 Å². The van der Waals surface area contributed by atoms with Crippen molar-refractivity contribution in [1.82, 2.24) is 25.7 Å². The van der Waals surface area contributed by atoms with Crippen LogP contribution in [0, 0.1) is 0 Å². The van der Waals surface area contributed by atoms with E-state index in [1.807, 2.05) is 30.3 Å². The number of benzene rings is 1. The maximum Gasteiger partial charge on any atom is 0.325 e. The molecule has 1 aliphatic heterocycles. The van der Waals surface area contributed by atoms with Gasteiger partial charge in [-0.2, -0.15) is 4.98 Å². The molecule has 27 heavy (non-hydrogen) atoms. The number of aromatic nitrogens is 2. The van der Waals surface area contributed by atoms with Gasteiger partial charge in [-0.3, -0.25) is 14.9 Å². The molecule has 1 saturated heterocycles. The Balaban J connectivity index is 1.45. The van der Waals surface area contributed by atoms with E-state index >= 15 is 0 Å². The van der Waals surface area contributed by atoms with E-state index in [0.717, 1.165) is 5.56 Å². The molecule has 0 atom stereocenters. The van der Waals surface area contributed by atoms with Crippen molar-refractivity contribution in [2.24, 2.45) is 0 Å². The molecule has 0 bridgehead atoms. The zero-order valence-corrected chi connectivity index (χ0v) is 15.2. The van der Waals surface area contributed by atoms with Crippen LogP contribution in [0.5, 0.6) is 0 Å². The first-order valence-electron chi connectivity index (χ1n) is 8.61. The molecule has 9 heteroatoms. The molecule has 4 amide bonds. The van der Waals surface area contributed by atoms with E-state index in [-0.39, 0.29) is 19.0 Å². The van der Waals surface area contributed by atoms with Gasteiger partial charge in [0.1, 0.15) is 12.1 Å². The van der Waals surface area contributed by atoms with E-state index in [0.29, 0.717) is 24.6 Å². The molecule has 0 spiro atoms. The van der Waals surface area contributed by atoms with Gasteiger partial charge >= 0.3 is 6.03 Å². The highest BCUT2D eigenvalue weighted by Crippen LogP contribution is 2.20. The van der Waals surface area contributed by atoms with Crippen molar-refractivity contribution in [2.45, 2.75) is 32.2 Å². The topological polar surface area (TPSA) is 117 Å². The van der Waals surface area contributed by atoms with Crippen LogP contribution in [0.3, 0.4) is 0 Å². The molecule has 1 aliphatic rings. The highest BCUT2D eigenvalue weighted by molar-refractivity contribution is 6.07. The first-order chi connectivity index (χ1) is 12.9. The first-order valence-corrected chi connectivity index (χ1v) is 8.61. The third-order valence-corrected chi connectivity index (χ3v) is 4.37. The fourth-order valence-electron chi connectivity index (χ4n) is 2.71. The molecule has 1 aromatic heterocycles. The van der Waals surface area contributed by atoms with Crippen LogP contribution >= 0.6 is 0 Å². The lowest BCUT2D eigenvalue weighted by Crippen LogP contribution is -2.49. The van der Waals surface area contributed by atoms with Crippen LogP contribution < -0.4 is 10.6 Å². The van der Waals surface area contributed by atoms with Crippen LogP contribution in [0.4, 0.5) is 4.79 Å². The van der Waals surface area contributed by atoms with Gasteiger partial charge in [0.05, 0.1) is 0 Å². The smallest absolute Gasteiger partial charge is 0.325 e. The average molecular weight is 371 g/mol. The predicted molar refractivity (Wildman–Crippen MR) is 94.6 cm³/mol. The highest BCUT2D eigenvalue weighted by atomic mass is 16.5. The largest absolute Gasteiger partial charge is 0.354 e. The van der Waals surface area contributed by atoms with Gasteiger partial charge in [0, 0.05) is 19.4 Å². The van der Waals surface area contributed by atoms with Gasteiger partial charge in [0.25, 0.3) is 5.91 Å². The Labute approximate surface area is 156 Å². The maximum absolute atomic E-state index is 12.1. The summed E-state index contributed by atoms with van der Waals surface area (Å²) in [5.41, 5.74) is 0.0342. The Kier molecular flexibility index (Phi) is 5.20. The number of amides is 4. The van der Waals surface area contributed by atoms with Crippen LogP contribution in [0.15, 0.2) is 34.9 Å². The maximum atomic E-state index is 12.1. The SMILES string of the molecule is CC1(C)C(=O)NC(=O)N1CC(=O)NCCc1nc(Cc2ccccc2)no1. The van der Waals surface area contributed by atoms with Gasteiger partial charge in [-0.05, 0) is 19.4 Å². The van der Waals surface area contributed by atoms with Crippen LogP contribution in [0.2, 0.25) is 0 Å². The van der Waals surface area contributed by atoms with Crippen LogP contribution in [-0.4, -0.2) is 51.5 Å². The van der Waals surface area contributed by atoms with Crippen molar-refractivity contribution in [3.8, 4) is 0 Å². The van der Waals surface area contributed by atoms with E-state index in [9.17, 15) is 14.4 Å². The summed E-state index contributed by atoms with van der Waals surface area (Å²) in [7, 11) is 0. The summed E-state index contributed by atoms with van der Waals surface area (Å²) < 4.78 is 5.18. The van der Waals surface area contributed by atoms with Gasteiger partial charge in [0.2, 0.25) is 11.8 Å². The molecule has 9 nitrogen and oxygen atoms in total. The van der Waals surface area contributed by atoms with E-state index in [2.05, 4.69) is 20.8 Å². The number of rotatable bonds is 7. The van der Waals surface area contributed by atoms with Crippen molar-refractivity contribution >= 4 is 17.8 Å². The summed E-state index contributed by atoms with van der Waals surface area (Å²) in [5.74, 6) is 0.223. The fraction of sp³-hybridized carbons (Fsp3) is 0.389. The van der Waals surface area contributed by atoms with Crippen LogP contribution in [-0.2, 0) is 22.4 Å². The lowest BCUT2D eigenvalue weighted by Gasteiger charge is -2.27. The molecule has 2 heterocycles. The highest BCUT2D eigenvalue weighted by Gasteiger charge is 2.46.